The third-order valence-corrected chi connectivity index (χ3v) is 3.81. The minimum Gasteiger partial charge on any atom is -0.399 e. The predicted octanol–water partition coefficient (Wildman–Crippen LogP) is 2.45. The maximum absolute atomic E-state index is 12.2. The second-order valence-electron chi connectivity index (χ2n) is 4.64. The molecule has 1 amide bonds. The van der Waals surface area contributed by atoms with Crippen molar-refractivity contribution in [3.63, 3.8) is 0 Å². The summed E-state index contributed by atoms with van der Waals surface area (Å²) in [6.07, 6.45) is 2.23. The van der Waals surface area contributed by atoms with Crippen molar-refractivity contribution in [2.75, 3.05) is 24.1 Å². The molecule has 0 aliphatic carbocycles. The standard InChI is InChI=1S/C13H18BrN3O/c1-9(13(18)17-6-2-3-7-17)16-12-5-4-10(15)8-11(12)14/h4-5,8-9,16H,2-3,6-7,15H2,1H3. The molecule has 3 N–H and O–H groups in total. The van der Waals surface area contributed by atoms with Gasteiger partial charge in [0.25, 0.3) is 0 Å². The Balaban J connectivity index is 2.01. The Morgan fingerprint density at radius 2 is 2.11 bits per heavy atom. The molecule has 0 aromatic heterocycles. The summed E-state index contributed by atoms with van der Waals surface area (Å²) in [5.74, 6) is 0.163. The molecule has 4 nitrogen and oxygen atoms in total. The summed E-state index contributed by atoms with van der Waals surface area (Å²) in [5.41, 5.74) is 7.28. The van der Waals surface area contributed by atoms with Crippen molar-refractivity contribution in [1.82, 2.24) is 4.90 Å². The number of benzene rings is 1. The minimum absolute atomic E-state index is 0.163. The summed E-state index contributed by atoms with van der Waals surface area (Å²) < 4.78 is 0.878. The molecule has 1 aromatic carbocycles. The van der Waals surface area contributed by atoms with Gasteiger partial charge in [-0.2, -0.15) is 0 Å². The van der Waals surface area contributed by atoms with E-state index in [2.05, 4.69) is 21.2 Å². The van der Waals surface area contributed by atoms with E-state index in [1.165, 1.54) is 0 Å². The van der Waals surface area contributed by atoms with Crippen LogP contribution in [0.25, 0.3) is 0 Å². The Morgan fingerprint density at radius 1 is 1.44 bits per heavy atom. The van der Waals surface area contributed by atoms with E-state index in [1.54, 1.807) is 0 Å². The largest absolute Gasteiger partial charge is 0.399 e. The molecule has 1 atom stereocenters. The summed E-state index contributed by atoms with van der Waals surface area (Å²) in [7, 11) is 0. The van der Waals surface area contributed by atoms with Crippen molar-refractivity contribution in [2.45, 2.75) is 25.8 Å². The lowest BCUT2D eigenvalue weighted by Gasteiger charge is -2.22. The van der Waals surface area contributed by atoms with Crippen molar-refractivity contribution in [3.05, 3.63) is 22.7 Å². The smallest absolute Gasteiger partial charge is 0.244 e. The van der Waals surface area contributed by atoms with Crippen LogP contribution in [0.2, 0.25) is 0 Å². The molecule has 1 aliphatic heterocycles. The number of amides is 1. The zero-order valence-electron chi connectivity index (χ0n) is 10.4. The van der Waals surface area contributed by atoms with Crippen LogP contribution in [0.15, 0.2) is 22.7 Å². The van der Waals surface area contributed by atoms with Gasteiger partial charge in [0.2, 0.25) is 5.91 Å². The second-order valence-corrected chi connectivity index (χ2v) is 5.49. The third kappa shape index (κ3) is 2.96. The quantitative estimate of drug-likeness (QED) is 0.843. The van der Waals surface area contributed by atoms with Crippen LogP contribution in [-0.2, 0) is 4.79 Å². The Bertz CT molecular complexity index is 444. The molecule has 1 unspecified atom stereocenters. The molecule has 0 spiro atoms. The van der Waals surface area contributed by atoms with E-state index in [0.29, 0.717) is 5.69 Å². The van der Waals surface area contributed by atoms with Crippen molar-refractivity contribution in [3.8, 4) is 0 Å². The lowest BCUT2D eigenvalue weighted by Crippen LogP contribution is -2.39. The van der Waals surface area contributed by atoms with Crippen molar-refractivity contribution >= 4 is 33.2 Å². The molecule has 0 radical (unpaired) electrons. The highest BCUT2D eigenvalue weighted by molar-refractivity contribution is 9.10. The highest BCUT2D eigenvalue weighted by Crippen LogP contribution is 2.25. The van der Waals surface area contributed by atoms with Crippen molar-refractivity contribution in [1.29, 1.82) is 0 Å². The van der Waals surface area contributed by atoms with Gasteiger partial charge in [0.15, 0.2) is 0 Å². The number of anilines is 2. The number of hydrogen-bond acceptors (Lipinski definition) is 3. The van der Waals surface area contributed by atoms with Crippen molar-refractivity contribution in [2.24, 2.45) is 0 Å². The van der Waals surface area contributed by atoms with Gasteiger partial charge in [-0.25, -0.2) is 0 Å². The fourth-order valence-electron chi connectivity index (χ4n) is 2.15. The summed E-state index contributed by atoms with van der Waals surface area (Å²) in [4.78, 5) is 14.1. The van der Waals surface area contributed by atoms with Crippen LogP contribution in [-0.4, -0.2) is 29.9 Å². The number of nitrogens with two attached hydrogens (primary N) is 1. The number of nitrogens with one attached hydrogen (secondary N) is 1. The Kier molecular flexibility index (Phi) is 4.11. The van der Waals surface area contributed by atoms with Crippen molar-refractivity contribution < 1.29 is 4.79 Å². The van der Waals surface area contributed by atoms with E-state index in [1.807, 2.05) is 30.0 Å². The Morgan fingerprint density at radius 3 is 2.72 bits per heavy atom. The zero-order chi connectivity index (χ0) is 13.1. The van der Waals surface area contributed by atoms with Crippen LogP contribution in [0.3, 0.4) is 0 Å². The molecular formula is C13H18BrN3O. The third-order valence-electron chi connectivity index (χ3n) is 3.15. The average Bonchev–Trinajstić information content (AvgIpc) is 2.85. The fourth-order valence-corrected chi connectivity index (χ4v) is 2.67. The number of likely N-dealkylation sites (tertiary alicyclic amines) is 1. The predicted molar refractivity (Wildman–Crippen MR) is 77.5 cm³/mol. The van der Waals surface area contributed by atoms with Crippen LogP contribution in [0.5, 0.6) is 0 Å². The van der Waals surface area contributed by atoms with E-state index < -0.39 is 0 Å². The van der Waals surface area contributed by atoms with Gasteiger partial charge < -0.3 is 16.0 Å². The summed E-state index contributed by atoms with van der Waals surface area (Å²) >= 11 is 3.44. The first-order chi connectivity index (χ1) is 8.58. The van der Waals surface area contributed by atoms with Crippen LogP contribution in [0.4, 0.5) is 11.4 Å². The SMILES string of the molecule is CC(Nc1ccc(N)cc1Br)C(=O)N1CCCC1. The van der Waals surface area contributed by atoms with Gasteiger partial charge in [-0.05, 0) is 53.9 Å². The number of carbonyl (C=O) groups is 1. The van der Waals surface area contributed by atoms with Gasteiger partial charge >= 0.3 is 0 Å². The lowest BCUT2D eigenvalue weighted by molar-refractivity contribution is -0.130. The number of nitrogen functional groups attached to an aromatic ring is 1. The number of rotatable bonds is 3. The van der Waals surface area contributed by atoms with Gasteiger partial charge in [0.05, 0.1) is 0 Å². The number of carbonyl (C=O) groups excluding carboxylic acids is 1. The van der Waals surface area contributed by atoms with Crippen LogP contribution < -0.4 is 11.1 Å². The summed E-state index contributed by atoms with van der Waals surface area (Å²) in [6, 6.07) is 5.31. The number of nitrogens with zero attached hydrogens (tertiary/aromatic N) is 1. The van der Waals surface area contributed by atoms with E-state index in [0.717, 1.165) is 36.1 Å². The Labute approximate surface area is 116 Å². The van der Waals surface area contributed by atoms with E-state index in [4.69, 9.17) is 5.73 Å². The number of hydrogen-bond donors (Lipinski definition) is 2. The molecular weight excluding hydrogens is 294 g/mol. The van der Waals surface area contributed by atoms with Crippen LogP contribution >= 0.6 is 15.9 Å². The minimum atomic E-state index is -0.219. The Hall–Kier alpha value is -1.23. The topological polar surface area (TPSA) is 58.4 Å². The monoisotopic (exact) mass is 311 g/mol. The highest BCUT2D eigenvalue weighted by Gasteiger charge is 2.23. The zero-order valence-corrected chi connectivity index (χ0v) is 12.0. The molecule has 98 valence electrons. The molecule has 18 heavy (non-hydrogen) atoms. The van der Waals surface area contributed by atoms with Gasteiger partial charge in [0.1, 0.15) is 6.04 Å². The fraction of sp³-hybridized carbons (Fsp3) is 0.462. The normalized spacial score (nSPS) is 16.7. The average molecular weight is 312 g/mol. The molecule has 2 rings (SSSR count). The summed E-state index contributed by atoms with van der Waals surface area (Å²) in [5, 5.41) is 3.22. The molecule has 1 saturated heterocycles. The van der Waals surface area contributed by atoms with Crippen LogP contribution in [0, 0.1) is 0 Å². The molecule has 0 bridgehead atoms. The number of halogens is 1. The molecule has 1 heterocycles. The lowest BCUT2D eigenvalue weighted by atomic mass is 10.2. The van der Waals surface area contributed by atoms with Gasteiger partial charge in [-0.3, -0.25) is 4.79 Å². The molecule has 1 aliphatic rings. The molecule has 1 aromatic rings. The highest BCUT2D eigenvalue weighted by atomic mass is 79.9. The molecule has 1 fully saturated rings. The van der Waals surface area contributed by atoms with Gasteiger partial charge in [-0.1, -0.05) is 0 Å². The second kappa shape index (κ2) is 5.61. The first-order valence-electron chi connectivity index (χ1n) is 6.18. The molecule has 5 heteroatoms. The summed E-state index contributed by atoms with van der Waals surface area (Å²) in [6.45, 7) is 3.66. The van der Waals surface area contributed by atoms with E-state index in [-0.39, 0.29) is 11.9 Å². The molecule has 0 saturated carbocycles. The maximum Gasteiger partial charge on any atom is 0.244 e. The first-order valence-corrected chi connectivity index (χ1v) is 6.97. The van der Waals surface area contributed by atoms with E-state index >= 15 is 0 Å². The van der Waals surface area contributed by atoms with E-state index in [9.17, 15) is 4.79 Å². The van der Waals surface area contributed by atoms with Gasteiger partial charge in [-0.15, -0.1) is 0 Å². The van der Waals surface area contributed by atoms with Gasteiger partial charge in [0, 0.05) is 28.9 Å². The first kappa shape index (κ1) is 13.2. The maximum atomic E-state index is 12.2. The van der Waals surface area contributed by atoms with Crippen LogP contribution in [0.1, 0.15) is 19.8 Å².